The number of carbonyl (C=O) groups excluding carboxylic acids is 2. The van der Waals surface area contributed by atoms with Crippen molar-refractivity contribution in [2.24, 2.45) is 0 Å². The zero-order valence-electron chi connectivity index (χ0n) is 12.2. The van der Waals surface area contributed by atoms with Gasteiger partial charge in [-0.1, -0.05) is 20.3 Å². The highest BCUT2D eigenvalue weighted by atomic mass is 16.2. The van der Waals surface area contributed by atoms with Gasteiger partial charge in [-0.15, -0.1) is 0 Å². The summed E-state index contributed by atoms with van der Waals surface area (Å²) in [6.45, 7) is 5.41. The molecule has 0 saturated heterocycles. The molecule has 5 heteroatoms. The van der Waals surface area contributed by atoms with Crippen molar-refractivity contribution in [3.8, 4) is 0 Å². The summed E-state index contributed by atoms with van der Waals surface area (Å²) in [7, 11) is 0. The minimum Gasteiger partial charge on any atom is -0.352 e. The lowest BCUT2D eigenvalue weighted by Gasteiger charge is -2.08. The Hall–Kier alpha value is -2.04. The Morgan fingerprint density at radius 2 is 1.65 bits per heavy atom. The van der Waals surface area contributed by atoms with E-state index < -0.39 is 0 Å². The molecule has 0 saturated carbocycles. The van der Waals surface area contributed by atoms with Gasteiger partial charge in [0.2, 0.25) is 0 Å². The maximum absolute atomic E-state index is 11.7. The van der Waals surface area contributed by atoms with E-state index in [9.17, 15) is 9.59 Å². The van der Waals surface area contributed by atoms with Crippen LogP contribution in [0.3, 0.4) is 0 Å². The number of benzene rings is 1. The zero-order valence-corrected chi connectivity index (χ0v) is 12.2. The van der Waals surface area contributed by atoms with E-state index in [-0.39, 0.29) is 11.9 Å². The van der Waals surface area contributed by atoms with Crippen molar-refractivity contribution >= 4 is 17.6 Å². The van der Waals surface area contributed by atoms with Crippen LogP contribution >= 0.6 is 0 Å². The van der Waals surface area contributed by atoms with Crippen molar-refractivity contribution in [1.82, 2.24) is 10.6 Å². The Labute approximate surface area is 120 Å². The number of carbonyl (C=O) groups is 2. The molecular weight excluding hydrogens is 254 g/mol. The Balaban J connectivity index is 2.45. The van der Waals surface area contributed by atoms with Gasteiger partial charge in [-0.2, -0.15) is 0 Å². The summed E-state index contributed by atoms with van der Waals surface area (Å²) in [4.78, 5) is 23.2. The van der Waals surface area contributed by atoms with Crippen molar-refractivity contribution in [3.05, 3.63) is 29.8 Å². The number of hydrogen-bond donors (Lipinski definition) is 3. The van der Waals surface area contributed by atoms with Gasteiger partial charge in [0.05, 0.1) is 0 Å². The maximum atomic E-state index is 11.7. The number of rotatable bonds is 7. The molecule has 0 spiro atoms. The highest BCUT2D eigenvalue weighted by Crippen LogP contribution is 2.09. The van der Waals surface area contributed by atoms with Gasteiger partial charge in [-0.3, -0.25) is 4.79 Å². The smallest absolute Gasteiger partial charge is 0.319 e. The highest BCUT2D eigenvalue weighted by molar-refractivity contribution is 5.95. The Morgan fingerprint density at radius 1 is 0.950 bits per heavy atom. The molecule has 0 aliphatic carbocycles. The van der Waals surface area contributed by atoms with Gasteiger partial charge < -0.3 is 16.0 Å². The van der Waals surface area contributed by atoms with Gasteiger partial charge in [-0.25, -0.2) is 4.79 Å². The van der Waals surface area contributed by atoms with Crippen molar-refractivity contribution in [3.63, 3.8) is 0 Å². The minimum absolute atomic E-state index is 0.0919. The van der Waals surface area contributed by atoms with Crippen molar-refractivity contribution in [1.29, 1.82) is 0 Å². The third kappa shape index (κ3) is 5.73. The predicted octanol–water partition coefficient (Wildman–Crippen LogP) is 2.75. The van der Waals surface area contributed by atoms with Gasteiger partial charge in [0.1, 0.15) is 0 Å². The Morgan fingerprint density at radius 3 is 2.25 bits per heavy atom. The first-order valence-electron chi connectivity index (χ1n) is 7.10. The lowest BCUT2D eigenvalue weighted by atomic mass is 10.2. The minimum atomic E-state index is -0.221. The summed E-state index contributed by atoms with van der Waals surface area (Å²) in [5, 5.41) is 8.30. The number of urea groups is 1. The molecule has 3 amide bonds. The third-order valence-electron chi connectivity index (χ3n) is 2.76. The molecule has 1 rings (SSSR count). The van der Waals surface area contributed by atoms with Crippen LogP contribution in [0.4, 0.5) is 10.5 Å². The quantitative estimate of drug-likeness (QED) is 0.671. The first kappa shape index (κ1) is 16.0. The fourth-order valence-corrected chi connectivity index (χ4v) is 1.60. The van der Waals surface area contributed by atoms with Crippen LogP contribution in [0.25, 0.3) is 0 Å². The summed E-state index contributed by atoms with van der Waals surface area (Å²) in [5.74, 6) is -0.0919. The van der Waals surface area contributed by atoms with E-state index in [0.717, 1.165) is 19.3 Å². The van der Waals surface area contributed by atoms with Crippen LogP contribution in [0.2, 0.25) is 0 Å². The fraction of sp³-hybridized carbons (Fsp3) is 0.467. The molecule has 0 aliphatic heterocycles. The molecule has 20 heavy (non-hydrogen) atoms. The average Bonchev–Trinajstić information content (AvgIpc) is 2.46. The number of hydrogen-bond acceptors (Lipinski definition) is 2. The second-order valence-corrected chi connectivity index (χ2v) is 4.57. The SMILES string of the molecule is CCCCNC(=O)Nc1ccc(C(=O)NCCC)cc1. The number of nitrogens with one attached hydrogen (secondary N) is 3. The summed E-state index contributed by atoms with van der Waals surface area (Å²) in [6.07, 6.45) is 2.91. The molecule has 0 heterocycles. The largest absolute Gasteiger partial charge is 0.352 e. The standard InChI is InChI=1S/C15H23N3O2/c1-3-5-11-17-15(20)18-13-8-6-12(7-9-13)14(19)16-10-4-2/h6-9H,3-5,10-11H2,1-2H3,(H,16,19)(H2,17,18,20). The molecule has 1 aromatic carbocycles. The molecule has 0 radical (unpaired) electrons. The summed E-state index contributed by atoms with van der Waals surface area (Å²) in [6, 6.07) is 6.63. The van der Waals surface area contributed by atoms with E-state index in [0.29, 0.717) is 24.3 Å². The third-order valence-corrected chi connectivity index (χ3v) is 2.76. The first-order valence-corrected chi connectivity index (χ1v) is 7.10. The molecule has 0 unspecified atom stereocenters. The Bertz CT molecular complexity index is 429. The second kappa shape index (κ2) is 8.96. The van der Waals surface area contributed by atoms with E-state index in [4.69, 9.17) is 0 Å². The van der Waals surface area contributed by atoms with Crippen LogP contribution in [0.5, 0.6) is 0 Å². The molecule has 5 nitrogen and oxygen atoms in total. The van der Waals surface area contributed by atoms with Crippen molar-refractivity contribution < 1.29 is 9.59 Å². The summed E-state index contributed by atoms with van der Waals surface area (Å²) in [5.41, 5.74) is 1.27. The summed E-state index contributed by atoms with van der Waals surface area (Å²) < 4.78 is 0. The molecule has 0 atom stereocenters. The topological polar surface area (TPSA) is 70.2 Å². The monoisotopic (exact) mass is 277 g/mol. The van der Waals surface area contributed by atoms with E-state index in [1.54, 1.807) is 24.3 Å². The lowest BCUT2D eigenvalue weighted by molar-refractivity contribution is 0.0953. The van der Waals surface area contributed by atoms with E-state index in [2.05, 4.69) is 22.9 Å². The van der Waals surface area contributed by atoms with Gasteiger partial charge >= 0.3 is 6.03 Å². The molecule has 3 N–H and O–H groups in total. The predicted molar refractivity (Wildman–Crippen MR) is 81.0 cm³/mol. The van der Waals surface area contributed by atoms with Crippen LogP contribution in [0.15, 0.2) is 24.3 Å². The maximum Gasteiger partial charge on any atom is 0.319 e. The lowest BCUT2D eigenvalue weighted by Crippen LogP contribution is -2.29. The van der Waals surface area contributed by atoms with E-state index in [1.165, 1.54) is 0 Å². The van der Waals surface area contributed by atoms with Gasteiger partial charge in [0.15, 0.2) is 0 Å². The number of anilines is 1. The second-order valence-electron chi connectivity index (χ2n) is 4.57. The normalized spacial score (nSPS) is 9.90. The molecule has 0 aromatic heterocycles. The zero-order chi connectivity index (χ0) is 14.8. The van der Waals surface area contributed by atoms with Gasteiger partial charge in [0, 0.05) is 24.3 Å². The number of amides is 3. The molecule has 0 bridgehead atoms. The van der Waals surface area contributed by atoms with Crippen LogP contribution in [0, 0.1) is 0 Å². The van der Waals surface area contributed by atoms with Crippen molar-refractivity contribution in [2.75, 3.05) is 18.4 Å². The Kier molecular flexibility index (Phi) is 7.17. The molecule has 1 aromatic rings. The molecule has 110 valence electrons. The summed E-state index contributed by atoms with van der Waals surface area (Å²) >= 11 is 0. The average molecular weight is 277 g/mol. The van der Waals surface area contributed by atoms with Gasteiger partial charge in [-0.05, 0) is 37.1 Å². The number of unbranched alkanes of at least 4 members (excludes halogenated alkanes) is 1. The fourth-order valence-electron chi connectivity index (χ4n) is 1.60. The first-order chi connectivity index (χ1) is 9.67. The molecular formula is C15H23N3O2. The highest BCUT2D eigenvalue weighted by Gasteiger charge is 2.05. The van der Waals surface area contributed by atoms with Gasteiger partial charge in [0.25, 0.3) is 5.91 Å². The molecule has 0 fully saturated rings. The van der Waals surface area contributed by atoms with E-state index in [1.807, 2.05) is 6.92 Å². The molecule has 0 aliphatic rings. The van der Waals surface area contributed by atoms with Crippen molar-refractivity contribution in [2.45, 2.75) is 33.1 Å². The van der Waals surface area contributed by atoms with E-state index >= 15 is 0 Å². The van der Waals surface area contributed by atoms with Crippen LogP contribution < -0.4 is 16.0 Å². The van der Waals surface area contributed by atoms with Crippen LogP contribution in [-0.4, -0.2) is 25.0 Å². The van der Waals surface area contributed by atoms with Crippen LogP contribution in [-0.2, 0) is 0 Å². The van der Waals surface area contributed by atoms with Crippen LogP contribution in [0.1, 0.15) is 43.5 Å².